The molecule has 0 aliphatic carbocycles. The summed E-state index contributed by atoms with van der Waals surface area (Å²) >= 11 is 13.9. The maximum atomic E-state index is 12.4. The number of amides is 1. The van der Waals surface area contributed by atoms with Crippen molar-refractivity contribution in [2.45, 2.75) is 12.8 Å². The number of alkyl halides is 1. The van der Waals surface area contributed by atoms with Crippen LogP contribution in [0.4, 0.5) is 0 Å². The second kappa shape index (κ2) is 6.44. The fourth-order valence-electron chi connectivity index (χ4n) is 2.24. The molecule has 98 valence electrons. The van der Waals surface area contributed by atoms with Crippen LogP contribution in [0.1, 0.15) is 23.2 Å². The summed E-state index contributed by atoms with van der Waals surface area (Å²) in [7, 11) is 0. The zero-order valence-corrected chi connectivity index (χ0v) is 13.5. The van der Waals surface area contributed by atoms with Gasteiger partial charge in [-0.1, -0.05) is 11.6 Å². The van der Waals surface area contributed by atoms with Gasteiger partial charge in [-0.25, -0.2) is 0 Å². The van der Waals surface area contributed by atoms with Crippen LogP contribution in [0.2, 0.25) is 5.02 Å². The van der Waals surface area contributed by atoms with Gasteiger partial charge in [-0.3, -0.25) is 4.79 Å². The molecule has 0 bridgehead atoms. The third-order valence-corrected chi connectivity index (χ3v) is 4.64. The summed E-state index contributed by atoms with van der Waals surface area (Å²) in [4.78, 5) is 14.3. The fraction of sp³-hybridized carbons (Fsp3) is 0.462. The number of halogens is 3. The van der Waals surface area contributed by atoms with Crippen molar-refractivity contribution in [1.29, 1.82) is 0 Å². The molecule has 0 radical (unpaired) electrons. The molecule has 1 amide bonds. The maximum absolute atomic E-state index is 12.4. The van der Waals surface area contributed by atoms with Crippen LogP contribution in [-0.2, 0) is 0 Å². The molecule has 2 rings (SSSR count). The third-order valence-electron chi connectivity index (χ3n) is 3.25. The number of rotatable bonds is 3. The minimum Gasteiger partial charge on any atom is -0.338 e. The summed E-state index contributed by atoms with van der Waals surface area (Å²) in [6, 6.07) is 5.43. The van der Waals surface area contributed by atoms with Crippen molar-refractivity contribution in [3.63, 3.8) is 0 Å². The van der Waals surface area contributed by atoms with Gasteiger partial charge in [0.05, 0.1) is 5.56 Å². The SMILES string of the molecule is O=C(c1cc(Cl)ccc1I)N1CCC(CCCl)C1. The Morgan fingerprint density at radius 3 is 3.00 bits per heavy atom. The second-order valence-corrected chi connectivity index (χ2v) is 6.48. The van der Waals surface area contributed by atoms with E-state index in [0.29, 0.717) is 22.4 Å². The van der Waals surface area contributed by atoms with Gasteiger partial charge in [-0.2, -0.15) is 0 Å². The number of benzene rings is 1. The average Bonchev–Trinajstić information content (AvgIpc) is 2.80. The highest BCUT2D eigenvalue weighted by Crippen LogP contribution is 2.25. The zero-order valence-electron chi connectivity index (χ0n) is 9.83. The Kier molecular flexibility index (Phi) is 5.15. The fourth-order valence-corrected chi connectivity index (χ4v) is 3.29. The Balaban J connectivity index is 2.10. The van der Waals surface area contributed by atoms with Crippen molar-refractivity contribution in [3.8, 4) is 0 Å². The van der Waals surface area contributed by atoms with Crippen molar-refractivity contribution < 1.29 is 4.79 Å². The van der Waals surface area contributed by atoms with Gasteiger partial charge < -0.3 is 4.90 Å². The number of carbonyl (C=O) groups is 1. The summed E-state index contributed by atoms with van der Waals surface area (Å²) in [6.07, 6.45) is 2.04. The molecule has 5 heteroatoms. The lowest BCUT2D eigenvalue weighted by Crippen LogP contribution is -2.29. The lowest BCUT2D eigenvalue weighted by Gasteiger charge is -2.17. The van der Waals surface area contributed by atoms with Gasteiger partial charge in [-0.05, 0) is 59.5 Å². The van der Waals surface area contributed by atoms with Gasteiger partial charge >= 0.3 is 0 Å². The molecule has 18 heavy (non-hydrogen) atoms. The standard InChI is InChI=1S/C13H14Cl2INO/c14-5-3-9-4-6-17(8-9)13(18)11-7-10(15)1-2-12(11)16/h1-2,7,9H,3-6,8H2. The van der Waals surface area contributed by atoms with Crippen LogP contribution in [-0.4, -0.2) is 29.8 Å². The Labute approximate surface area is 131 Å². The summed E-state index contributed by atoms with van der Waals surface area (Å²) in [5.41, 5.74) is 0.703. The Bertz CT molecular complexity index is 453. The molecule has 1 heterocycles. The molecule has 0 N–H and O–H groups in total. The number of hydrogen-bond donors (Lipinski definition) is 0. The molecule has 0 aromatic heterocycles. The van der Waals surface area contributed by atoms with Gasteiger partial charge in [0.1, 0.15) is 0 Å². The van der Waals surface area contributed by atoms with Crippen molar-refractivity contribution >= 4 is 51.7 Å². The molecule has 1 unspecified atom stereocenters. The summed E-state index contributed by atoms with van der Waals surface area (Å²) < 4.78 is 0.947. The van der Waals surface area contributed by atoms with E-state index in [2.05, 4.69) is 22.6 Å². The highest BCUT2D eigenvalue weighted by atomic mass is 127. The Morgan fingerprint density at radius 2 is 2.28 bits per heavy atom. The Morgan fingerprint density at radius 1 is 1.50 bits per heavy atom. The number of carbonyl (C=O) groups excluding carboxylic acids is 1. The predicted molar refractivity (Wildman–Crippen MR) is 83.5 cm³/mol. The lowest BCUT2D eigenvalue weighted by molar-refractivity contribution is 0.0786. The van der Waals surface area contributed by atoms with E-state index in [0.717, 1.165) is 29.5 Å². The normalized spacial score (nSPS) is 19.3. The van der Waals surface area contributed by atoms with Crippen LogP contribution in [0.15, 0.2) is 18.2 Å². The van der Waals surface area contributed by atoms with E-state index in [1.165, 1.54) is 0 Å². The van der Waals surface area contributed by atoms with Gasteiger partial charge in [0, 0.05) is 27.6 Å². The Hall–Kier alpha value is -0.000000000000000111. The van der Waals surface area contributed by atoms with Crippen LogP contribution >= 0.6 is 45.8 Å². The second-order valence-electron chi connectivity index (χ2n) is 4.51. The van der Waals surface area contributed by atoms with Crippen LogP contribution in [0.3, 0.4) is 0 Å². The topological polar surface area (TPSA) is 20.3 Å². The van der Waals surface area contributed by atoms with E-state index in [4.69, 9.17) is 23.2 Å². The lowest BCUT2D eigenvalue weighted by atomic mass is 10.1. The van der Waals surface area contributed by atoms with E-state index >= 15 is 0 Å². The highest BCUT2D eigenvalue weighted by Gasteiger charge is 2.27. The van der Waals surface area contributed by atoms with Crippen molar-refractivity contribution in [1.82, 2.24) is 4.90 Å². The van der Waals surface area contributed by atoms with Crippen LogP contribution in [0.25, 0.3) is 0 Å². The summed E-state index contributed by atoms with van der Waals surface area (Å²) in [5.74, 6) is 1.30. The van der Waals surface area contributed by atoms with Crippen molar-refractivity contribution in [2.75, 3.05) is 19.0 Å². The van der Waals surface area contributed by atoms with Crippen LogP contribution in [0, 0.1) is 9.49 Å². The van der Waals surface area contributed by atoms with E-state index in [9.17, 15) is 4.79 Å². The minimum atomic E-state index is 0.0824. The smallest absolute Gasteiger partial charge is 0.254 e. The molecule has 1 aromatic rings. The number of nitrogens with zero attached hydrogens (tertiary/aromatic N) is 1. The zero-order chi connectivity index (χ0) is 13.1. The average molecular weight is 398 g/mol. The van der Waals surface area contributed by atoms with E-state index in [1.54, 1.807) is 12.1 Å². The largest absolute Gasteiger partial charge is 0.338 e. The molecule has 1 saturated heterocycles. The van der Waals surface area contributed by atoms with Crippen LogP contribution in [0.5, 0.6) is 0 Å². The molecule has 2 nitrogen and oxygen atoms in total. The number of likely N-dealkylation sites (tertiary alicyclic amines) is 1. The van der Waals surface area contributed by atoms with Crippen molar-refractivity contribution in [3.05, 3.63) is 32.4 Å². The molecule has 1 aliphatic rings. The monoisotopic (exact) mass is 397 g/mol. The molecular formula is C13H14Cl2INO. The maximum Gasteiger partial charge on any atom is 0.254 e. The summed E-state index contributed by atoms with van der Waals surface area (Å²) in [6.45, 7) is 1.64. The highest BCUT2D eigenvalue weighted by molar-refractivity contribution is 14.1. The third kappa shape index (κ3) is 3.31. The molecule has 0 saturated carbocycles. The van der Waals surface area contributed by atoms with E-state index in [-0.39, 0.29) is 5.91 Å². The van der Waals surface area contributed by atoms with Crippen molar-refractivity contribution in [2.24, 2.45) is 5.92 Å². The van der Waals surface area contributed by atoms with Gasteiger partial charge in [-0.15, -0.1) is 11.6 Å². The summed E-state index contributed by atoms with van der Waals surface area (Å²) in [5, 5.41) is 0.607. The molecule has 1 atom stereocenters. The molecule has 1 aromatic carbocycles. The van der Waals surface area contributed by atoms with Gasteiger partial charge in [0.15, 0.2) is 0 Å². The van der Waals surface area contributed by atoms with E-state index in [1.807, 2.05) is 11.0 Å². The number of hydrogen-bond acceptors (Lipinski definition) is 1. The first-order valence-corrected chi connectivity index (χ1v) is 7.91. The van der Waals surface area contributed by atoms with Gasteiger partial charge in [0.2, 0.25) is 0 Å². The molecule has 1 aliphatic heterocycles. The van der Waals surface area contributed by atoms with E-state index < -0.39 is 0 Å². The van der Waals surface area contributed by atoms with Gasteiger partial charge in [0.25, 0.3) is 5.91 Å². The first-order chi connectivity index (χ1) is 8.61. The molecular weight excluding hydrogens is 384 g/mol. The molecule has 0 spiro atoms. The quantitative estimate of drug-likeness (QED) is 0.556. The predicted octanol–water partition coefficient (Wildman–Crippen LogP) is 4.04. The van der Waals surface area contributed by atoms with Crippen LogP contribution < -0.4 is 0 Å². The minimum absolute atomic E-state index is 0.0824. The first-order valence-electron chi connectivity index (χ1n) is 5.92. The molecule has 1 fully saturated rings. The first kappa shape index (κ1) is 14.4.